The summed E-state index contributed by atoms with van der Waals surface area (Å²) in [5.74, 6) is 3.39. The Kier molecular flexibility index (Phi) is 9.73. The van der Waals surface area contributed by atoms with Crippen LogP contribution in [0.5, 0.6) is 17.2 Å². The first kappa shape index (κ1) is 34.0. The van der Waals surface area contributed by atoms with Crippen molar-refractivity contribution in [3.8, 4) is 17.2 Å². The average Bonchev–Trinajstić information content (AvgIpc) is 3.37. The normalized spacial score (nSPS) is 27.6. The highest BCUT2D eigenvalue weighted by Crippen LogP contribution is 2.58. The Labute approximate surface area is 294 Å². The quantitative estimate of drug-likeness (QED) is 0.208. The Balaban J connectivity index is 1.16. The lowest BCUT2D eigenvalue weighted by atomic mass is 9.59. The van der Waals surface area contributed by atoms with Crippen molar-refractivity contribution >= 4 is 23.3 Å². The van der Waals surface area contributed by atoms with E-state index in [0.717, 1.165) is 55.0 Å². The molecule has 1 aromatic heterocycles. The molecule has 0 amide bonds. The van der Waals surface area contributed by atoms with E-state index in [4.69, 9.17) is 30.5 Å². The topological polar surface area (TPSA) is 99.1 Å². The van der Waals surface area contributed by atoms with Gasteiger partial charge in [-0.2, -0.15) is 0 Å². The van der Waals surface area contributed by atoms with Gasteiger partial charge in [0.1, 0.15) is 24.0 Å². The van der Waals surface area contributed by atoms with Crippen molar-refractivity contribution in [1.82, 2.24) is 4.98 Å². The maximum Gasteiger partial charge on any atom is 0.331 e. The standard InChI is InChI=1S/C40H49ClN2O6/c1-25(23-47-34-10-16-42-33-9-4-6-26(2)37(33)34)18-28-19-27-20-36-35(48-24-31(49-36)11-17-44)22-32(27)39(28)12-14-40(15-13-39,38(45)46-3)43-30-8-5-7-29(41)21-30/h5,7-8,10,16,20-22,25-26,28,31,43-44H,4,6,9,11-15,17-19,23-24H2,1-3H3/t25-,26-,28+,31-,39?,40?/m1/s1. The number of rotatable bonds is 10. The van der Waals surface area contributed by atoms with E-state index in [1.54, 1.807) is 0 Å². The van der Waals surface area contributed by atoms with Crippen molar-refractivity contribution in [3.05, 3.63) is 76.1 Å². The highest BCUT2D eigenvalue weighted by atomic mass is 35.5. The molecule has 1 fully saturated rings. The number of carbonyl (C=O) groups is 1. The summed E-state index contributed by atoms with van der Waals surface area (Å²) in [5.41, 5.74) is 4.90. The van der Waals surface area contributed by atoms with Crippen LogP contribution >= 0.6 is 11.6 Å². The fourth-order valence-electron chi connectivity index (χ4n) is 9.18. The van der Waals surface area contributed by atoms with Crippen LogP contribution in [0, 0.1) is 11.8 Å². The number of aliphatic hydroxyl groups excluding tert-OH is 1. The molecule has 262 valence electrons. The first-order valence-corrected chi connectivity index (χ1v) is 18.4. The lowest BCUT2D eigenvalue weighted by molar-refractivity contribution is -0.148. The maximum absolute atomic E-state index is 13.5. The molecule has 3 aromatic rings. The van der Waals surface area contributed by atoms with E-state index < -0.39 is 5.54 Å². The van der Waals surface area contributed by atoms with Crippen LogP contribution in [0.4, 0.5) is 5.69 Å². The molecule has 4 atom stereocenters. The summed E-state index contributed by atoms with van der Waals surface area (Å²) in [6.45, 7) is 5.70. The molecule has 2 aromatic carbocycles. The summed E-state index contributed by atoms with van der Waals surface area (Å²) in [5, 5.41) is 13.7. The number of anilines is 1. The van der Waals surface area contributed by atoms with Crippen molar-refractivity contribution in [1.29, 1.82) is 0 Å². The van der Waals surface area contributed by atoms with Crippen molar-refractivity contribution in [2.75, 3.05) is 32.2 Å². The summed E-state index contributed by atoms with van der Waals surface area (Å²) in [7, 11) is 1.47. The Morgan fingerprint density at radius 1 is 1.16 bits per heavy atom. The van der Waals surface area contributed by atoms with E-state index in [9.17, 15) is 9.90 Å². The molecule has 1 aliphatic heterocycles. The van der Waals surface area contributed by atoms with Crippen LogP contribution in [0.1, 0.15) is 93.5 Å². The fourth-order valence-corrected chi connectivity index (χ4v) is 9.37. The number of methoxy groups -OCH3 is 1. The number of aliphatic hydroxyl groups is 1. The third-order valence-corrected chi connectivity index (χ3v) is 11.9. The molecule has 8 nitrogen and oxygen atoms in total. The van der Waals surface area contributed by atoms with Crippen LogP contribution in [0.3, 0.4) is 0 Å². The SMILES string of the molecule is COC(=O)C1(Nc2cccc(Cl)c2)CCC2(CC1)c1cc3c(cc1C[C@@H]2C[C@@H](C)COc1ccnc2c1[C@H](C)CCC2)O[C@H](CCO)CO3. The number of halogens is 1. The van der Waals surface area contributed by atoms with Gasteiger partial charge in [-0.05, 0) is 128 Å². The van der Waals surface area contributed by atoms with Crippen molar-refractivity contribution in [3.63, 3.8) is 0 Å². The summed E-state index contributed by atoms with van der Waals surface area (Å²) in [4.78, 5) is 18.2. The zero-order valence-corrected chi connectivity index (χ0v) is 29.7. The van der Waals surface area contributed by atoms with Crippen LogP contribution in [0.2, 0.25) is 5.02 Å². The van der Waals surface area contributed by atoms with Gasteiger partial charge in [-0.25, -0.2) is 4.79 Å². The minimum Gasteiger partial charge on any atom is -0.493 e. The lowest BCUT2D eigenvalue weighted by Gasteiger charge is -2.48. The van der Waals surface area contributed by atoms with Crippen LogP contribution in [0.25, 0.3) is 0 Å². The van der Waals surface area contributed by atoms with Crippen molar-refractivity contribution in [2.24, 2.45) is 11.8 Å². The smallest absolute Gasteiger partial charge is 0.331 e. The van der Waals surface area contributed by atoms with Gasteiger partial charge >= 0.3 is 5.97 Å². The van der Waals surface area contributed by atoms with Crippen LogP contribution in [0.15, 0.2) is 48.7 Å². The Hall–Kier alpha value is -3.49. The minimum atomic E-state index is -0.852. The van der Waals surface area contributed by atoms with Gasteiger partial charge in [0.15, 0.2) is 11.5 Å². The number of carbonyl (C=O) groups excluding carboxylic acids is 1. The monoisotopic (exact) mass is 688 g/mol. The summed E-state index contributed by atoms with van der Waals surface area (Å²) < 4.78 is 24.5. The summed E-state index contributed by atoms with van der Waals surface area (Å²) in [6.07, 6.45) is 10.5. The minimum absolute atomic E-state index is 0.0613. The molecule has 9 heteroatoms. The molecule has 2 heterocycles. The fraction of sp³-hybridized carbons (Fsp3) is 0.550. The second-order valence-electron chi connectivity index (χ2n) is 14.9. The summed E-state index contributed by atoms with van der Waals surface area (Å²) >= 11 is 6.33. The van der Waals surface area contributed by atoms with Crippen LogP contribution < -0.4 is 19.5 Å². The van der Waals surface area contributed by atoms with E-state index >= 15 is 0 Å². The number of benzene rings is 2. The van der Waals surface area contributed by atoms with Gasteiger partial charge in [-0.15, -0.1) is 0 Å². The number of esters is 1. The summed E-state index contributed by atoms with van der Waals surface area (Å²) in [6, 6.07) is 14.0. The number of aryl methyl sites for hydroxylation is 1. The van der Waals surface area contributed by atoms with E-state index in [1.165, 1.54) is 42.3 Å². The number of aromatic nitrogens is 1. The Bertz CT molecular complexity index is 1670. The zero-order valence-electron chi connectivity index (χ0n) is 28.9. The van der Waals surface area contributed by atoms with Crippen molar-refractivity contribution in [2.45, 2.75) is 101 Å². The number of pyridine rings is 1. The molecule has 3 aliphatic carbocycles. The lowest BCUT2D eigenvalue weighted by Crippen LogP contribution is -2.53. The third-order valence-electron chi connectivity index (χ3n) is 11.7. The second kappa shape index (κ2) is 14.0. The molecule has 0 bridgehead atoms. The predicted molar refractivity (Wildman–Crippen MR) is 190 cm³/mol. The molecule has 0 unspecified atom stereocenters. The molecule has 1 saturated carbocycles. The molecule has 4 aliphatic rings. The molecule has 7 rings (SSSR count). The van der Waals surface area contributed by atoms with Gasteiger partial charge in [0, 0.05) is 41.2 Å². The van der Waals surface area contributed by atoms with Gasteiger partial charge < -0.3 is 29.4 Å². The largest absolute Gasteiger partial charge is 0.493 e. The highest BCUT2D eigenvalue weighted by Gasteiger charge is 2.55. The molecular formula is C40H49ClN2O6. The number of nitrogens with zero attached hydrogens (tertiary/aromatic N) is 1. The second-order valence-corrected chi connectivity index (χ2v) is 15.3. The number of nitrogens with one attached hydrogen (secondary N) is 1. The molecule has 49 heavy (non-hydrogen) atoms. The van der Waals surface area contributed by atoms with Gasteiger partial charge in [0.2, 0.25) is 0 Å². The predicted octanol–water partition coefficient (Wildman–Crippen LogP) is 7.81. The average molecular weight is 689 g/mol. The van der Waals surface area contributed by atoms with E-state index in [2.05, 4.69) is 36.3 Å². The number of ether oxygens (including phenoxy) is 4. The van der Waals surface area contributed by atoms with Gasteiger partial charge in [0.05, 0.1) is 13.7 Å². The Morgan fingerprint density at radius 2 is 2.00 bits per heavy atom. The molecule has 1 spiro atoms. The zero-order chi connectivity index (χ0) is 34.2. The number of hydrogen-bond acceptors (Lipinski definition) is 8. The van der Waals surface area contributed by atoms with Crippen LogP contribution in [-0.2, 0) is 27.8 Å². The highest BCUT2D eigenvalue weighted by molar-refractivity contribution is 6.30. The van der Waals surface area contributed by atoms with Gasteiger partial charge in [-0.3, -0.25) is 4.98 Å². The molecule has 0 saturated heterocycles. The maximum atomic E-state index is 13.5. The Morgan fingerprint density at radius 3 is 2.78 bits per heavy atom. The van der Waals surface area contributed by atoms with E-state index in [0.29, 0.717) is 55.3 Å². The number of fused-ring (bicyclic) bond motifs is 4. The molecule has 2 N–H and O–H groups in total. The third kappa shape index (κ3) is 6.59. The molecular weight excluding hydrogens is 640 g/mol. The van der Waals surface area contributed by atoms with Crippen LogP contribution in [-0.4, -0.2) is 54.6 Å². The van der Waals surface area contributed by atoms with E-state index in [1.807, 2.05) is 36.5 Å². The number of hydrogen-bond donors (Lipinski definition) is 2. The van der Waals surface area contributed by atoms with Gasteiger partial charge in [0.25, 0.3) is 0 Å². The first-order chi connectivity index (χ1) is 23.7. The van der Waals surface area contributed by atoms with Crippen molar-refractivity contribution < 1.29 is 28.8 Å². The first-order valence-electron chi connectivity index (χ1n) is 18.0. The van der Waals surface area contributed by atoms with Gasteiger partial charge in [-0.1, -0.05) is 31.5 Å². The molecule has 0 radical (unpaired) electrons. The van der Waals surface area contributed by atoms with E-state index in [-0.39, 0.29) is 24.1 Å².